The second-order valence-electron chi connectivity index (χ2n) is 8.52. The SMILES string of the molecule is COc1cccc2sc(N(Cc3ccccn3)C(=O)c3ccc(N4CCCCC4)c([N+](=O)[O-])c3)nc12. The van der Waals surface area contributed by atoms with Gasteiger partial charge >= 0.3 is 0 Å². The molecule has 0 atom stereocenters. The number of fused-ring (bicyclic) bond motifs is 1. The molecule has 9 nitrogen and oxygen atoms in total. The monoisotopic (exact) mass is 503 g/mol. The second kappa shape index (κ2) is 10.3. The number of pyridine rings is 1. The molecule has 1 saturated heterocycles. The van der Waals surface area contributed by atoms with Crippen LogP contribution in [-0.2, 0) is 6.54 Å². The number of hydrogen-bond acceptors (Lipinski definition) is 8. The molecule has 184 valence electrons. The molecule has 0 spiro atoms. The van der Waals surface area contributed by atoms with Crippen molar-refractivity contribution in [1.82, 2.24) is 9.97 Å². The van der Waals surface area contributed by atoms with Gasteiger partial charge in [-0.05, 0) is 55.7 Å². The molecule has 4 aromatic rings. The van der Waals surface area contributed by atoms with Gasteiger partial charge in [-0.1, -0.05) is 23.5 Å². The van der Waals surface area contributed by atoms with Crippen LogP contribution in [0, 0.1) is 10.1 Å². The van der Waals surface area contributed by atoms with Crippen LogP contribution >= 0.6 is 11.3 Å². The van der Waals surface area contributed by atoms with Gasteiger partial charge < -0.3 is 9.64 Å². The summed E-state index contributed by atoms with van der Waals surface area (Å²) in [6.07, 6.45) is 4.78. The van der Waals surface area contributed by atoms with Crippen molar-refractivity contribution < 1.29 is 14.5 Å². The molecule has 2 aromatic carbocycles. The average Bonchev–Trinajstić information content (AvgIpc) is 3.36. The summed E-state index contributed by atoms with van der Waals surface area (Å²) in [7, 11) is 1.58. The fraction of sp³-hybridized carbons (Fsp3) is 0.269. The molecule has 0 N–H and O–H groups in total. The molecule has 0 aliphatic carbocycles. The molecule has 1 amide bonds. The first kappa shape index (κ1) is 23.7. The highest BCUT2D eigenvalue weighted by molar-refractivity contribution is 7.22. The van der Waals surface area contributed by atoms with Crippen molar-refractivity contribution in [3.63, 3.8) is 0 Å². The zero-order valence-corrected chi connectivity index (χ0v) is 20.6. The fourth-order valence-electron chi connectivity index (χ4n) is 4.43. The number of rotatable bonds is 7. The number of nitro groups is 1. The van der Waals surface area contributed by atoms with Gasteiger partial charge in [0, 0.05) is 30.9 Å². The number of thiazole rings is 1. The van der Waals surface area contributed by atoms with Crippen LogP contribution in [0.4, 0.5) is 16.5 Å². The Morgan fingerprint density at radius 1 is 1.14 bits per heavy atom. The normalized spacial score (nSPS) is 13.5. The van der Waals surface area contributed by atoms with Crippen LogP contribution in [0.25, 0.3) is 10.2 Å². The Hall–Kier alpha value is -4.05. The van der Waals surface area contributed by atoms with Crippen molar-refractivity contribution in [1.29, 1.82) is 0 Å². The Bertz CT molecular complexity index is 1400. The van der Waals surface area contributed by atoms with E-state index in [-0.39, 0.29) is 23.7 Å². The Kier molecular flexibility index (Phi) is 6.77. The number of carbonyl (C=O) groups is 1. The van der Waals surface area contributed by atoms with E-state index in [9.17, 15) is 14.9 Å². The summed E-state index contributed by atoms with van der Waals surface area (Å²) in [4.78, 5) is 38.0. The lowest BCUT2D eigenvalue weighted by atomic mass is 10.1. The maximum Gasteiger partial charge on any atom is 0.293 e. The number of carbonyl (C=O) groups excluding carboxylic acids is 1. The maximum absolute atomic E-state index is 13.8. The number of anilines is 2. The number of amides is 1. The van der Waals surface area contributed by atoms with Gasteiger partial charge in [-0.3, -0.25) is 24.8 Å². The minimum Gasteiger partial charge on any atom is -0.494 e. The summed E-state index contributed by atoms with van der Waals surface area (Å²) in [6, 6.07) is 15.8. The zero-order chi connectivity index (χ0) is 25.1. The first-order valence-corrected chi connectivity index (χ1v) is 12.6. The molecule has 10 heteroatoms. The van der Waals surface area contributed by atoms with Crippen LogP contribution in [0.5, 0.6) is 5.75 Å². The zero-order valence-electron chi connectivity index (χ0n) is 19.8. The number of nitrogens with zero attached hydrogens (tertiary/aromatic N) is 5. The molecule has 0 saturated carbocycles. The van der Waals surface area contributed by atoms with E-state index in [4.69, 9.17) is 9.72 Å². The molecule has 1 fully saturated rings. The van der Waals surface area contributed by atoms with E-state index in [1.807, 2.05) is 35.2 Å². The Labute approximate surface area is 212 Å². The standard InChI is InChI=1S/C26H25N5O4S/c1-35-22-9-7-10-23-24(22)28-26(36-23)30(17-19-8-3-4-13-27-19)25(32)18-11-12-20(21(16-18)31(33)34)29-14-5-2-6-15-29/h3-4,7-13,16H,2,5-6,14-15,17H2,1H3. The van der Waals surface area contributed by atoms with Gasteiger partial charge in [0.05, 0.1) is 29.0 Å². The third-order valence-electron chi connectivity index (χ3n) is 6.23. The third kappa shape index (κ3) is 4.72. The molecule has 3 heterocycles. The quantitative estimate of drug-likeness (QED) is 0.244. The van der Waals surface area contributed by atoms with Crippen LogP contribution in [0.3, 0.4) is 0 Å². The van der Waals surface area contributed by atoms with Crippen molar-refractivity contribution in [2.75, 3.05) is 30.0 Å². The molecule has 0 unspecified atom stereocenters. The van der Waals surface area contributed by atoms with E-state index in [0.717, 1.165) is 37.1 Å². The first-order valence-electron chi connectivity index (χ1n) is 11.7. The first-order chi connectivity index (χ1) is 17.5. The van der Waals surface area contributed by atoms with Gasteiger partial charge in [-0.25, -0.2) is 4.98 Å². The van der Waals surface area contributed by atoms with E-state index in [0.29, 0.717) is 27.8 Å². The molecular weight excluding hydrogens is 478 g/mol. The van der Waals surface area contributed by atoms with Crippen molar-refractivity contribution in [2.45, 2.75) is 25.8 Å². The minimum absolute atomic E-state index is 0.0634. The highest BCUT2D eigenvalue weighted by Crippen LogP contribution is 2.36. The number of piperidine rings is 1. The summed E-state index contributed by atoms with van der Waals surface area (Å²) in [6.45, 7) is 1.71. The summed E-state index contributed by atoms with van der Waals surface area (Å²) in [5.74, 6) is 0.230. The van der Waals surface area contributed by atoms with Crippen molar-refractivity contribution in [3.8, 4) is 5.75 Å². The predicted octanol–water partition coefficient (Wildman–Crippen LogP) is 5.45. The van der Waals surface area contributed by atoms with Crippen LogP contribution in [0.15, 0.2) is 60.8 Å². The number of hydrogen-bond donors (Lipinski definition) is 0. The number of methoxy groups -OCH3 is 1. The highest BCUT2D eigenvalue weighted by Gasteiger charge is 2.27. The number of benzene rings is 2. The number of aromatic nitrogens is 2. The van der Waals surface area contributed by atoms with Crippen molar-refractivity contribution in [3.05, 3.63) is 82.2 Å². The van der Waals surface area contributed by atoms with Gasteiger partial charge in [0.15, 0.2) is 5.13 Å². The summed E-state index contributed by atoms with van der Waals surface area (Å²) in [5, 5.41) is 12.4. The van der Waals surface area contributed by atoms with E-state index in [1.165, 1.54) is 22.3 Å². The van der Waals surface area contributed by atoms with E-state index in [1.54, 1.807) is 31.5 Å². The van der Waals surface area contributed by atoms with E-state index in [2.05, 4.69) is 4.98 Å². The van der Waals surface area contributed by atoms with Gasteiger partial charge in [0.1, 0.15) is 17.0 Å². The predicted molar refractivity (Wildman–Crippen MR) is 140 cm³/mol. The number of ether oxygens (including phenoxy) is 1. The number of nitro benzene ring substituents is 1. The molecule has 1 aliphatic rings. The largest absolute Gasteiger partial charge is 0.494 e. The van der Waals surface area contributed by atoms with Crippen molar-refractivity contribution in [2.24, 2.45) is 0 Å². The summed E-state index contributed by atoms with van der Waals surface area (Å²) >= 11 is 1.36. The number of para-hydroxylation sites is 1. The molecule has 0 radical (unpaired) electrons. The fourth-order valence-corrected chi connectivity index (χ4v) is 5.41. The van der Waals surface area contributed by atoms with E-state index >= 15 is 0 Å². The lowest BCUT2D eigenvalue weighted by Crippen LogP contribution is -2.32. The van der Waals surface area contributed by atoms with E-state index < -0.39 is 4.92 Å². The summed E-state index contributed by atoms with van der Waals surface area (Å²) < 4.78 is 6.32. The molecule has 2 aromatic heterocycles. The summed E-state index contributed by atoms with van der Waals surface area (Å²) in [5.41, 5.74) is 2.05. The second-order valence-corrected chi connectivity index (χ2v) is 9.53. The molecule has 5 rings (SSSR count). The van der Waals surface area contributed by atoms with Crippen LogP contribution in [-0.4, -0.2) is 41.0 Å². The van der Waals surface area contributed by atoms with Gasteiger partial charge in [-0.2, -0.15) is 0 Å². The Morgan fingerprint density at radius 3 is 2.69 bits per heavy atom. The van der Waals surface area contributed by atoms with Gasteiger partial charge in [0.2, 0.25) is 0 Å². The third-order valence-corrected chi connectivity index (χ3v) is 7.27. The minimum atomic E-state index is -0.410. The maximum atomic E-state index is 13.8. The Balaban J connectivity index is 1.56. The highest BCUT2D eigenvalue weighted by atomic mass is 32.1. The molecule has 0 bridgehead atoms. The average molecular weight is 504 g/mol. The van der Waals surface area contributed by atoms with Crippen LogP contribution in [0.1, 0.15) is 35.3 Å². The molecular formula is C26H25N5O4S. The van der Waals surface area contributed by atoms with Crippen LogP contribution in [0.2, 0.25) is 0 Å². The topological polar surface area (TPSA) is 102 Å². The lowest BCUT2D eigenvalue weighted by Gasteiger charge is -2.28. The molecule has 1 aliphatic heterocycles. The molecule has 36 heavy (non-hydrogen) atoms. The van der Waals surface area contributed by atoms with Crippen molar-refractivity contribution >= 4 is 44.0 Å². The smallest absolute Gasteiger partial charge is 0.293 e. The van der Waals surface area contributed by atoms with Crippen LogP contribution < -0.4 is 14.5 Å². The van der Waals surface area contributed by atoms with Gasteiger partial charge in [-0.15, -0.1) is 0 Å². The lowest BCUT2D eigenvalue weighted by molar-refractivity contribution is -0.384. The van der Waals surface area contributed by atoms with Gasteiger partial charge in [0.25, 0.3) is 11.6 Å². The Morgan fingerprint density at radius 2 is 1.97 bits per heavy atom.